The van der Waals surface area contributed by atoms with Gasteiger partial charge in [0.05, 0.1) is 16.2 Å². The summed E-state index contributed by atoms with van der Waals surface area (Å²) in [6.45, 7) is 3.29. The van der Waals surface area contributed by atoms with Gasteiger partial charge in [-0.15, -0.1) is 21.5 Å². The molecule has 0 atom stereocenters. The van der Waals surface area contributed by atoms with Crippen LogP contribution in [0.25, 0.3) is 10.7 Å². The minimum absolute atomic E-state index is 0.0696. The van der Waals surface area contributed by atoms with Crippen molar-refractivity contribution in [1.29, 1.82) is 0 Å². The Kier molecular flexibility index (Phi) is 7.53. The summed E-state index contributed by atoms with van der Waals surface area (Å²) in [5.74, 6) is -1.81. The number of anilines is 1. The Morgan fingerprint density at radius 1 is 1.26 bits per heavy atom. The predicted molar refractivity (Wildman–Crippen MR) is 116 cm³/mol. The number of thioether (sulfide) groups is 1. The summed E-state index contributed by atoms with van der Waals surface area (Å²) in [4.78, 5) is 36.2. The monoisotopic (exact) mass is 462 g/mol. The Hall–Kier alpha value is -3.05. The van der Waals surface area contributed by atoms with Gasteiger partial charge in [-0.2, -0.15) is 0 Å². The van der Waals surface area contributed by atoms with Crippen LogP contribution >= 0.6 is 23.1 Å². The van der Waals surface area contributed by atoms with Crippen LogP contribution in [0.2, 0.25) is 0 Å². The Balaban J connectivity index is 1.54. The molecule has 8 nitrogen and oxygen atoms in total. The molecule has 3 aromatic rings. The molecule has 2 aromatic heterocycles. The number of nitrogens with zero attached hydrogens (tertiary/aromatic N) is 3. The number of ether oxygens (including phenoxy) is 1. The second-order valence-electron chi connectivity index (χ2n) is 6.28. The van der Waals surface area contributed by atoms with E-state index in [4.69, 9.17) is 4.74 Å². The van der Waals surface area contributed by atoms with Crippen molar-refractivity contribution in [3.8, 4) is 10.7 Å². The molecule has 11 heteroatoms. The first-order valence-corrected chi connectivity index (χ1v) is 11.1. The van der Waals surface area contributed by atoms with Crippen molar-refractivity contribution in [2.24, 2.45) is 0 Å². The molecule has 0 fully saturated rings. The van der Waals surface area contributed by atoms with E-state index < -0.39 is 24.2 Å². The maximum absolute atomic E-state index is 14.1. The number of nitrogens with one attached hydrogen (secondary N) is 1. The lowest BCUT2D eigenvalue weighted by molar-refractivity contribution is -0.139. The summed E-state index contributed by atoms with van der Waals surface area (Å²) in [5.41, 5.74) is 0.0118. The van der Waals surface area contributed by atoms with Crippen LogP contribution < -0.4 is 5.32 Å². The zero-order valence-corrected chi connectivity index (χ0v) is 18.4. The summed E-state index contributed by atoms with van der Waals surface area (Å²) < 4.78 is 21.0. The molecular formula is C20H19FN4O4S2. The Labute approximate surface area is 185 Å². The highest BCUT2D eigenvalue weighted by Gasteiger charge is 2.18. The van der Waals surface area contributed by atoms with Crippen LogP contribution in [0.1, 0.15) is 24.2 Å². The molecule has 0 saturated carbocycles. The number of thiophene rings is 1. The van der Waals surface area contributed by atoms with E-state index in [0.29, 0.717) is 11.7 Å². The fourth-order valence-corrected chi connectivity index (χ4v) is 4.20. The highest BCUT2D eigenvalue weighted by Crippen LogP contribution is 2.27. The van der Waals surface area contributed by atoms with Crippen molar-refractivity contribution in [3.05, 3.63) is 47.1 Å². The number of hydrogen-bond donors (Lipinski definition) is 1. The number of halogens is 1. The van der Waals surface area contributed by atoms with E-state index in [-0.39, 0.29) is 22.9 Å². The molecule has 1 N–H and O–H groups in total. The van der Waals surface area contributed by atoms with Crippen LogP contribution in [0.3, 0.4) is 0 Å². The maximum atomic E-state index is 14.1. The van der Waals surface area contributed by atoms with Gasteiger partial charge in [-0.1, -0.05) is 17.8 Å². The highest BCUT2D eigenvalue weighted by molar-refractivity contribution is 7.99. The first kappa shape index (κ1) is 22.6. The van der Waals surface area contributed by atoms with Crippen molar-refractivity contribution >= 4 is 46.4 Å². The summed E-state index contributed by atoms with van der Waals surface area (Å²) in [6, 6.07) is 7.54. The molecule has 0 bridgehead atoms. The van der Waals surface area contributed by atoms with Gasteiger partial charge < -0.3 is 14.6 Å². The zero-order chi connectivity index (χ0) is 22.4. The van der Waals surface area contributed by atoms with Crippen molar-refractivity contribution in [2.75, 3.05) is 17.7 Å². The van der Waals surface area contributed by atoms with E-state index in [9.17, 15) is 18.8 Å². The van der Waals surface area contributed by atoms with Gasteiger partial charge >= 0.3 is 5.97 Å². The number of carbonyl (C=O) groups is 3. The van der Waals surface area contributed by atoms with Gasteiger partial charge in [-0.3, -0.25) is 14.4 Å². The number of hydrogen-bond acceptors (Lipinski definition) is 8. The number of rotatable bonds is 9. The molecule has 0 aliphatic rings. The standard InChI is InChI=1S/C20H19FN4O4S2/c1-3-25-19(17-5-4-8-30-17)23-24-20(25)31-11-18(28)29-10-16(27)14-7-6-13(9-15(14)21)22-12(2)26/h4-9H,3,10-11H2,1-2H3,(H,22,26). The molecule has 0 spiro atoms. The lowest BCUT2D eigenvalue weighted by Gasteiger charge is -2.08. The Morgan fingerprint density at radius 3 is 2.71 bits per heavy atom. The molecule has 0 unspecified atom stereocenters. The van der Waals surface area contributed by atoms with Gasteiger partial charge in [-0.05, 0) is 36.6 Å². The average molecular weight is 463 g/mol. The fraction of sp³-hybridized carbons (Fsp3) is 0.250. The molecule has 0 aliphatic heterocycles. The Bertz CT molecular complexity index is 1100. The quantitative estimate of drug-likeness (QED) is 0.294. The number of ketones is 1. The second kappa shape index (κ2) is 10.3. The molecule has 31 heavy (non-hydrogen) atoms. The lowest BCUT2D eigenvalue weighted by Crippen LogP contribution is -2.17. The van der Waals surface area contributed by atoms with Crippen LogP contribution in [0, 0.1) is 5.82 Å². The average Bonchev–Trinajstić information content (AvgIpc) is 3.39. The van der Waals surface area contributed by atoms with Crippen LogP contribution in [-0.4, -0.2) is 44.8 Å². The molecule has 1 aromatic carbocycles. The first-order chi connectivity index (χ1) is 14.9. The van der Waals surface area contributed by atoms with Gasteiger partial charge in [0, 0.05) is 19.2 Å². The zero-order valence-electron chi connectivity index (χ0n) is 16.8. The van der Waals surface area contributed by atoms with E-state index in [1.807, 2.05) is 29.0 Å². The number of aromatic nitrogens is 3. The third-order valence-corrected chi connectivity index (χ3v) is 5.85. The van der Waals surface area contributed by atoms with Crippen molar-refractivity contribution in [2.45, 2.75) is 25.5 Å². The fourth-order valence-electron chi connectivity index (χ4n) is 2.68. The van der Waals surface area contributed by atoms with Crippen molar-refractivity contribution in [1.82, 2.24) is 14.8 Å². The molecule has 1 amide bonds. The number of esters is 1. The van der Waals surface area contributed by atoms with Crippen LogP contribution in [0.4, 0.5) is 10.1 Å². The first-order valence-electron chi connectivity index (χ1n) is 9.25. The molecule has 0 aliphatic carbocycles. The van der Waals surface area contributed by atoms with Gasteiger partial charge in [0.25, 0.3) is 0 Å². The minimum atomic E-state index is -0.807. The normalized spacial score (nSPS) is 10.7. The Morgan fingerprint density at radius 2 is 2.06 bits per heavy atom. The molecule has 2 heterocycles. The summed E-state index contributed by atoms with van der Waals surface area (Å²) in [6.07, 6.45) is 0. The minimum Gasteiger partial charge on any atom is -0.457 e. The molecule has 0 saturated heterocycles. The summed E-state index contributed by atoms with van der Waals surface area (Å²) in [5, 5.41) is 13.2. The number of amides is 1. The molecule has 0 radical (unpaired) electrons. The predicted octanol–water partition coefficient (Wildman–Crippen LogP) is 3.64. The van der Waals surface area contributed by atoms with E-state index in [1.165, 1.54) is 19.1 Å². The van der Waals surface area contributed by atoms with E-state index in [0.717, 1.165) is 28.5 Å². The van der Waals surface area contributed by atoms with Gasteiger partial charge in [0.1, 0.15) is 5.82 Å². The number of benzene rings is 1. The van der Waals surface area contributed by atoms with E-state index in [2.05, 4.69) is 15.5 Å². The second-order valence-corrected chi connectivity index (χ2v) is 8.17. The summed E-state index contributed by atoms with van der Waals surface area (Å²) in [7, 11) is 0. The van der Waals surface area contributed by atoms with E-state index in [1.54, 1.807) is 11.3 Å². The highest BCUT2D eigenvalue weighted by atomic mass is 32.2. The van der Waals surface area contributed by atoms with Crippen LogP contribution in [-0.2, 0) is 20.9 Å². The largest absolute Gasteiger partial charge is 0.457 e. The maximum Gasteiger partial charge on any atom is 0.316 e. The topological polar surface area (TPSA) is 103 Å². The molecule has 162 valence electrons. The van der Waals surface area contributed by atoms with E-state index >= 15 is 0 Å². The third-order valence-electron chi connectivity index (χ3n) is 4.05. The SMILES string of the molecule is CCn1c(SCC(=O)OCC(=O)c2ccc(NC(C)=O)cc2F)nnc1-c1cccs1. The van der Waals surface area contributed by atoms with Crippen molar-refractivity contribution < 1.29 is 23.5 Å². The molecule has 3 rings (SSSR count). The summed E-state index contributed by atoms with van der Waals surface area (Å²) >= 11 is 2.69. The van der Waals surface area contributed by atoms with Crippen molar-refractivity contribution in [3.63, 3.8) is 0 Å². The van der Waals surface area contributed by atoms with Gasteiger partial charge in [0.15, 0.2) is 17.6 Å². The molecular weight excluding hydrogens is 443 g/mol. The number of carbonyl (C=O) groups excluding carboxylic acids is 3. The lowest BCUT2D eigenvalue weighted by atomic mass is 10.1. The van der Waals surface area contributed by atoms with Gasteiger partial charge in [-0.25, -0.2) is 4.39 Å². The van der Waals surface area contributed by atoms with Gasteiger partial charge in [0.2, 0.25) is 11.7 Å². The third kappa shape index (κ3) is 5.76. The van der Waals surface area contributed by atoms with Crippen LogP contribution in [0.15, 0.2) is 40.9 Å². The van der Waals surface area contributed by atoms with Crippen LogP contribution in [0.5, 0.6) is 0 Å². The number of Topliss-reactive ketones (excluding diaryl/α,β-unsaturated/α-hetero) is 1. The smallest absolute Gasteiger partial charge is 0.316 e.